The molecular weight excluding hydrogens is 337 g/mol. The van der Waals surface area contributed by atoms with Crippen LogP contribution in [0.15, 0.2) is 17.0 Å². The number of hydrogen-bond donors (Lipinski definition) is 1. The number of hydrogen-bond acceptors (Lipinski definition) is 4. The SMILES string of the molecule is NS(=O)(=O)c1cc(C(=O)OCC2CCCC2)c(Cl)cc1Cl. The monoisotopic (exact) mass is 351 g/mol. The molecule has 0 aromatic heterocycles. The number of carbonyl (C=O) groups excluding carboxylic acids is 1. The molecule has 0 saturated heterocycles. The van der Waals surface area contributed by atoms with Crippen LogP contribution < -0.4 is 5.14 Å². The van der Waals surface area contributed by atoms with E-state index in [1.165, 1.54) is 6.07 Å². The smallest absolute Gasteiger partial charge is 0.339 e. The Labute approximate surface area is 133 Å². The maximum absolute atomic E-state index is 12.0. The van der Waals surface area contributed by atoms with E-state index < -0.39 is 16.0 Å². The van der Waals surface area contributed by atoms with Gasteiger partial charge in [0.25, 0.3) is 0 Å². The third-order valence-electron chi connectivity index (χ3n) is 3.47. The van der Waals surface area contributed by atoms with Crippen LogP contribution in [0.5, 0.6) is 0 Å². The second kappa shape index (κ2) is 6.52. The number of ether oxygens (including phenoxy) is 1. The van der Waals surface area contributed by atoms with Gasteiger partial charge in [-0.2, -0.15) is 0 Å². The fraction of sp³-hybridized carbons (Fsp3) is 0.462. The minimum Gasteiger partial charge on any atom is -0.462 e. The van der Waals surface area contributed by atoms with Crippen molar-refractivity contribution < 1.29 is 17.9 Å². The molecule has 1 fully saturated rings. The normalized spacial score (nSPS) is 16.1. The van der Waals surface area contributed by atoms with Gasteiger partial charge in [0, 0.05) is 0 Å². The van der Waals surface area contributed by atoms with Gasteiger partial charge < -0.3 is 4.74 Å². The molecule has 21 heavy (non-hydrogen) atoms. The zero-order valence-corrected chi connectivity index (χ0v) is 13.5. The Hall–Kier alpha value is -0.820. The van der Waals surface area contributed by atoms with Gasteiger partial charge in [0.2, 0.25) is 10.0 Å². The topological polar surface area (TPSA) is 86.5 Å². The van der Waals surface area contributed by atoms with E-state index >= 15 is 0 Å². The summed E-state index contributed by atoms with van der Waals surface area (Å²) in [5.74, 6) is -0.314. The van der Waals surface area contributed by atoms with Crippen molar-refractivity contribution in [3.8, 4) is 0 Å². The highest BCUT2D eigenvalue weighted by atomic mass is 35.5. The van der Waals surface area contributed by atoms with Crippen LogP contribution in [-0.2, 0) is 14.8 Å². The lowest BCUT2D eigenvalue weighted by molar-refractivity contribution is 0.0442. The van der Waals surface area contributed by atoms with Crippen molar-refractivity contribution >= 4 is 39.2 Å². The Kier molecular flexibility index (Phi) is 5.14. The maximum Gasteiger partial charge on any atom is 0.339 e. The zero-order chi connectivity index (χ0) is 15.6. The highest BCUT2D eigenvalue weighted by Crippen LogP contribution is 2.29. The Bertz CT molecular complexity index is 654. The van der Waals surface area contributed by atoms with Crippen LogP contribution in [-0.4, -0.2) is 21.0 Å². The highest BCUT2D eigenvalue weighted by Gasteiger charge is 2.22. The van der Waals surface area contributed by atoms with Crippen LogP contribution >= 0.6 is 23.2 Å². The average molecular weight is 352 g/mol. The first-order valence-corrected chi connectivity index (χ1v) is 8.78. The van der Waals surface area contributed by atoms with Gasteiger partial charge in [-0.15, -0.1) is 0 Å². The first-order chi connectivity index (χ1) is 9.79. The van der Waals surface area contributed by atoms with Crippen LogP contribution in [0.1, 0.15) is 36.0 Å². The van der Waals surface area contributed by atoms with E-state index in [1.54, 1.807) is 0 Å². The van der Waals surface area contributed by atoms with Crippen molar-refractivity contribution in [2.24, 2.45) is 11.1 Å². The fourth-order valence-electron chi connectivity index (χ4n) is 2.35. The van der Waals surface area contributed by atoms with Crippen LogP contribution in [0, 0.1) is 5.92 Å². The van der Waals surface area contributed by atoms with Gasteiger partial charge in [0.05, 0.1) is 22.2 Å². The van der Waals surface area contributed by atoms with Crippen molar-refractivity contribution in [3.63, 3.8) is 0 Å². The van der Waals surface area contributed by atoms with Crippen LogP contribution in [0.3, 0.4) is 0 Å². The lowest BCUT2D eigenvalue weighted by atomic mass is 10.1. The summed E-state index contributed by atoms with van der Waals surface area (Å²) in [5, 5.41) is 4.94. The number of nitrogens with two attached hydrogens (primary N) is 1. The van der Waals surface area contributed by atoms with E-state index in [0.717, 1.165) is 31.7 Å². The summed E-state index contributed by atoms with van der Waals surface area (Å²) in [7, 11) is -4.04. The molecule has 1 aromatic rings. The largest absolute Gasteiger partial charge is 0.462 e. The van der Waals surface area contributed by atoms with Crippen molar-refractivity contribution in [3.05, 3.63) is 27.7 Å². The molecular formula is C13H15Cl2NO4S. The molecule has 0 atom stereocenters. The number of benzene rings is 1. The molecule has 116 valence electrons. The van der Waals surface area contributed by atoms with Crippen LogP contribution in [0.2, 0.25) is 10.0 Å². The number of carbonyl (C=O) groups is 1. The second-order valence-corrected chi connectivity index (χ2v) is 7.40. The van der Waals surface area contributed by atoms with Crippen molar-refractivity contribution in [2.45, 2.75) is 30.6 Å². The van der Waals surface area contributed by atoms with E-state index in [0.29, 0.717) is 12.5 Å². The van der Waals surface area contributed by atoms with Crippen molar-refractivity contribution in [1.82, 2.24) is 0 Å². The molecule has 0 heterocycles. The average Bonchev–Trinajstić information content (AvgIpc) is 2.87. The molecule has 1 aromatic carbocycles. The Morgan fingerprint density at radius 1 is 1.24 bits per heavy atom. The van der Waals surface area contributed by atoms with Crippen LogP contribution in [0.4, 0.5) is 0 Å². The van der Waals surface area contributed by atoms with Crippen molar-refractivity contribution in [2.75, 3.05) is 6.61 Å². The molecule has 0 spiro atoms. The van der Waals surface area contributed by atoms with Crippen LogP contribution in [0.25, 0.3) is 0 Å². The molecule has 1 saturated carbocycles. The minimum atomic E-state index is -4.04. The molecule has 0 radical (unpaired) electrons. The zero-order valence-electron chi connectivity index (χ0n) is 11.1. The summed E-state index contributed by atoms with van der Waals surface area (Å²) in [6.45, 7) is 0.308. The summed E-state index contributed by atoms with van der Waals surface area (Å²) in [6, 6.07) is 2.23. The fourth-order valence-corrected chi connectivity index (χ4v) is 3.75. The van der Waals surface area contributed by atoms with Gasteiger partial charge in [0.1, 0.15) is 4.90 Å². The van der Waals surface area contributed by atoms with Gasteiger partial charge in [-0.1, -0.05) is 36.0 Å². The number of halogens is 2. The standard InChI is InChI=1S/C13H15Cl2NO4S/c14-10-6-11(15)12(21(16,18)19)5-9(10)13(17)20-7-8-3-1-2-4-8/h5-6,8H,1-4,7H2,(H2,16,18,19). The lowest BCUT2D eigenvalue weighted by Crippen LogP contribution is -2.16. The number of sulfonamides is 1. The molecule has 5 nitrogen and oxygen atoms in total. The predicted octanol–water partition coefficient (Wildman–Crippen LogP) is 2.99. The van der Waals surface area contributed by atoms with Gasteiger partial charge in [0.15, 0.2) is 0 Å². The quantitative estimate of drug-likeness (QED) is 0.844. The maximum atomic E-state index is 12.0. The molecule has 2 rings (SSSR count). The lowest BCUT2D eigenvalue weighted by Gasteiger charge is -2.12. The number of primary sulfonamides is 1. The van der Waals surface area contributed by atoms with Gasteiger partial charge in [-0.05, 0) is 30.9 Å². The highest BCUT2D eigenvalue weighted by molar-refractivity contribution is 7.89. The van der Waals surface area contributed by atoms with E-state index in [4.69, 9.17) is 33.1 Å². The third-order valence-corrected chi connectivity index (χ3v) is 5.16. The van der Waals surface area contributed by atoms with Gasteiger partial charge in [-0.25, -0.2) is 18.4 Å². The first kappa shape index (κ1) is 16.5. The van der Waals surface area contributed by atoms with E-state index in [1.807, 2.05) is 0 Å². The minimum absolute atomic E-state index is 0.0313. The van der Waals surface area contributed by atoms with Gasteiger partial charge >= 0.3 is 5.97 Å². The molecule has 0 amide bonds. The molecule has 1 aliphatic carbocycles. The molecule has 1 aliphatic rings. The summed E-state index contributed by atoms with van der Waals surface area (Å²) in [6.07, 6.45) is 4.34. The third kappa shape index (κ3) is 4.10. The summed E-state index contributed by atoms with van der Waals surface area (Å²) in [4.78, 5) is 11.7. The van der Waals surface area contributed by atoms with Gasteiger partial charge in [-0.3, -0.25) is 0 Å². The predicted molar refractivity (Wildman–Crippen MR) is 80.1 cm³/mol. The summed E-state index contributed by atoms with van der Waals surface area (Å²) < 4.78 is 28.0. The number of rotatable bonds is 4. The molecule has 0 unspecified atom stereocenters. The number of esters is 1. The molecule has 0 aliphatic heterocycles. The molecule has 8 heteroatoms. The summed E-state index contributed by atoms with van der Waals surface area (Å²) >= 11 is 11.7. The first-order valence-electron chi connectivity index (χ1n) is 6.48. The Balaban J connectivity index is 2.20. The Morgan fingerprint density at radius 2 is 1.86 bits per heavy atom. The Morgan fingerprint density at radius 3 is 2.43 bits per heavy atom. The van der Waals surface area contributed by atoms with Crippen molar-refractivity contribution in [1.29, 1.82) is 0 Å². The molecule has 2 N–H and O–H groups in total. The van der Waals surface area contributed by atoms with E-state index in [2.05, 4.69) is 0 Å². The van der Waals surface area contributed by atoms with E-state index in [9.17, 15) is 13.2 Å². The summed E-state index contributed by atoms with van der Waals surface area (Å²) in [5.41, 5.74) is -0.0527. The van der Waals surface area contributed by atoms with E-state index in [-0.39, 0.29) is 20.5 Å². The second-order valence-electron chi connectivity index (χ2n) is 5.06. The molecule has 0 bridgehead atoms.